The van der Waals surface area contributed by atoms with Crippen molar-refractivity contribution in [2.45, 2.75) is 62.6 Å². The van der Waals surface area contributed by atoms with Gasteiger partial charge < -0.3 is 4.90 Å². The molecule has 0 spiro atoms. The Morgan fingerprint density at radius 1 is 1.24 bits per heavy atom. The molecular weight excluding hydrogens is 429 g/mol. The van der Waals surface area contributed by atoms with E-state index in [9.17, 15) is 4.79 Å². The fraction of sp³-hybridized carbons (Fsp3) is 0.600. The van der Waals surface area contributed by atoms with Crippen LogP contribution in [-0.2, 0) is 18.3 Å². The van der Waals surface area contributed by atoms with Crippen molar-refractivity contribution >= 4 is 40.9 Å². The quantitative estimate of drug-likeness (QED) is 0.401. The first-order valence-corrected chi connectivity index (χ1v) is 11.9. The highest BCUT2D eigenvalue weighted by Crippen LogP contribution is 2.26. The molecule has 1 saturated carbocycles. The Bertz CT molecular complexity index is 810. The van der Waals surface area contributed by atoms with E-state index in [-0.39, 0.29) is 5.91 Å². The minimum absolute atomic E-state index is 0.244. The van der Waals surface area contributed by atoms with Gasteiger partial charge in [0.15, 0.2) is 0 Å². The van der Waals surface area contributed by atoms with Gasteiger partial charge >= 0.3 is 0 Å². The van der Waals surface area contributed by atoms with Gasteiger partial charge in [-0.1, -0.05) is 60.3 Å². The van der Waals surface area contributed by atoms with E-state index < -0.39 is 0 Å². The maximum Gasteiger partial charge on any atom is 0.222 e. The van der Waals surface area contributed by atoms with E-state index in [0.717, 1.165) is 48.7 Å². The van der Waals surface area contributed by atoms with Crippen LogP contribution in [0.2, 0.25) is 10.0 Å². The van der Waals surface area contributed by atoms with Crippen molar-refractivity contribution in [3.05, 3.63) is 33.8 Å². The standard InChI is InChI=1S/C20H27Cl2N5OS/c1-26-20(23-24-25-26)29-13-5-8-19(28)27(16-6-3-2-4-7-16)12-11-15-9-10-17(21)18(22)14-15/h9-10,14,16H,2-8,11-13H2,1H3. The van der Waals surface area contributed by atoms with E-state index in [2.05, 4.69) is 20.4 Å². The number of rotatable bonds is 9. The zero-order valence-electron chi connectivity index (χ0n) is 16.7. The third-order valence-corrected chi connectivity index (χ3v) is 7.14. The van der Waals surface area contributed by atoms with Crippen molar-refractivity contribution in [1.82, 2.24) is 25.1 Å². The number of thioether (sulfide) groups is 1. The van der Waals surface area contributed by atoms with E-state index in [0.29, 0.717) is 22.5 Å². The van der Waals surface area contributed by atoms with Gasteiger partial charge in [-0.15, -0.1) is 5.10 Å². The van der Waals surface area contributed by atoms with Gasteiger partial charge in [0.25, 0.3) is 0 Å². The molecule has 1 fully saturated rings. The van der Waals surface area contributed by atoms with Crippen LogP contribution in [0.3, 0.4) is 0 Å². The van der Waals surface area contributed by atoms with Gasteiger partial charge in [0.05, 0.1) is 10.0 Å². The smallest absolute Gasteiger partial charge is 0.222 e. The number of hydrogen-bond acceptors (Lipinski definition) is 5. The van der Waals surface area contributed by atoms with Crippen LogP contribution in [0.5, 0.6) is 0 Å². The summed E-state index contributed by atoms with van der Waals surface area (Å²) in [4.78, 5) is 15.1. The fourth-order valence-electron chi connectivity index (χ4n) is 3.72. The molecule has 2 aromatic rings. The van der Waals surface area contributed by atoms with Crippen molar-refractivity contribution in [3.8, 4) is 0 Å². The molecule has 0 atom stereocenters. The summed E-state index contributed by atoms with van der Waals surface area (Å²) in [6, 6.07) is 6.07. The molecule has 0 saturated heterocycles. The SMILES string of the molecule is Cn1nnnc1SCCCC(=O)N(CCc1ccc(Cl)c(Cl)c1)C1CCCCC1. The van der Waals surface area contributed by atoms with Crippen LogP contribution in [0.1, 0.15) is 50.5 Å². The van der Waals surface area contributed by atoms with Crippen molar-refractivity contribution in [2.24, 2.45) is 7.05 Å². The molecule has 0 unspecified atom stereocenters. The average Bonchev–Trinajstić information content (AvgIpc) is 3.13. The predicted octanol–water partition coefficient (Wildman–Crippen LogP) is 4.79. The maximum atomic E-state index is 13.0. The largest absolute Gasteiger partial charge is 0.339 e. The van der Waals surface area contributed by atoms with Crippen LogP contribution in [0.4, 0.5) is 0 Å². The number of amides is 1. The minimum atomic E-state index is 0.244. The normalized spacial score (nSPS) is 14.9. The van der Waals surface area contributed by atoms with E-state index in [1.54, 1.807) is 16.4 Å². The summed E-state index contributed by atoms with van der Waals surface area (Å²) in [5, 5.41) is 13.3. The summed E-state index contributed by atoms with van der Waals surface area (Å²) in [6.07, 6.45) is 8.04. The lowest BCUT2D eigenvalue weighted by Crippen LogP contribution is -2.42. The summed E-state index contributed by atoms with van der Waals surface area (Å²) in [5.74, 6) is 1.07. The number of halogens is 2. The van der Waals surface area contributed by atoms with Gasteiger partial charge in [-0.3, -0.25) is 4.79 Å². The molecular formula is C20H27Cl2N5OS. The molecule has 9 heteroatoms. The van der Waals surface area contributed by atoms with Crippen LogP contribution >= 0.6 is 35.0 Å². The number of tetrazole rings is 1. The lowest BCUT2D eigenvalue weighted by molar-refractivity contribution is -0.134. The Morgan fingerprint density at radius 3 is 2.72 bits per heavy atom. The van der Waals surface area contributed by atoms with Crippen molar-refractivity contribution in [1.29, 1.82) is 0 Å². The molecule has 0 bridgehead atoms. The Labute approximate surface area is 186 Å². The molecule has 29 heavy (non-hydrogen) atoms. The molecule has 1 amide bonds. The first-order chi connectivity index (χ1) is 14.0. The average molecular weight is 456 g/mol. The summed E-state index contributed by atoms with van der Waals surface area (Å²) < 4.78 is 1.65. The molecule has 3 rings (SSSR count). The minimum Gasteiger partial charge on any atom is -0.339 e. The van der Waals surface area contributed by atoms with E-state index in [1.807, 2.05) is 25.2 Å². The third kappa shape index (κ3) is 6.59. The van der Waals surface area contributed by atoms with Gasteiger partial charge in [0, 0.05) is 31.8 Å². The van der Waals surface area contributed by atoms with Gasteiger partial charge in [0.1, 0.15) is 0 Å². The summed E-state index contributed by atoms with van der Waals surface area (Å²) in [6.45, 7) is 0.724. The zero-order valence-corrected chi connectivity index (χ0v) is 19.0. The highest BCUT2D eigenvalue weighted by molar-refractivity contribution is 7.99. The molecule has 0 aliphatic heterocycles. The van der Waals surface area contributed by atoms with Crippen LogP contribution in [0.15, 0.2) is 23.4 Å². The number of benzene rings is 1. The van der Waals surface area contributed by atoms with E-state index >= 15 is 0 Å². The monoisotopic (exact) mass is 455 g/mol. The summed E-state index contributed by atoms with van der Waals surface area (Å²) >= 11 is 13.8. The summed E-state index contributed by atoms with van der Waals surface area (Å²) in [7, 11) is 1.82. The first kappa shape index (κ1) is 22.4. The van der Waals surface area contributed by atoms with E-state index in [4.69, 9.17) is 23.2 Å². The highest BCUT2D eigenvalue weighted by atomic mass is 35.5. The molecule has 6 nitrogen and oxygen atoms in total. The Hall–Kier alpha value is -1.31. The van der Waals surface area contributed by atoms with Crippen molar-refractivity contribution in [2.75, 3.05) is 12.3 Å². The second kappa shape index (κ2) is 11.2. The lowest BCUT2D eigenvalue weighted by atomic mass is 9.93. The Balaban J connectivity index is 1.54. The first-order valence-electron chi connectivity index (χ1n) is 10.1. The molecule has 0 radical (unpaired) electrons. The second-order valence-electron chi connectivity index (χ2n) is 7.41. The molecule has 0 N–H and O–H groups in total. The van der Waals surface area contributed by atoms with Crippen molar-refractivity contribution in [3.63, 3.8) is 0 Å². The topological polar surface area (TPSA) is 63.9 Å². The predicted molar refractivity (Wildman–Crippen MR) is 118 cm³/mol. The molecule has 1 aromatic carbocycles. The van der Waals surface area contributed by atoms with Crippen molar-refractivity contribution < 1.29 is 4.79 Å². The van der Waals surface area contributed by atoms with Crippen LogP contribution in [0.25, 0.3) is 0 Å². The molecule has 1 aliphatic carbocycles. The highest BCUT2D eigenvalue weighted by Gasteiger charge is 2.25. The Morgan fingerprint density at radius 2 is 2.03 bits per heavy atom. The fourth-order valence-corrected chi connectivity index (χ4v) is 4.83. The molecule has 158 valence electrons. The van der Waals surface area contributed by atoms with Gasteiger partial charge in [0.2, 0.25) is 11.1 Å². The van der Waals surface area contributed by atoms with Gasteiger partial charge in [-0.25, -0.2) is 4.68 Å². The Kier molecular flexibility index (Phi) is 8.63. The second-order valence-corrected chi connectivity index (χ2v) is 9.29. The van der Waals surface area contributed by atoms with Gasteiger partial charge in [-0.05, 0) is 53.8 Å². The molecule has 1 heterocycles. The molecule has 1 aliphatic rings. The zero-order chi connectivity index (χ0) is 20.6. The third-order valence-electron chi connectivity index (χ3n) is 5.31. The van der Waals surface area contributed by atoms with E-state index in [1.165, 1.54) is 19.3 Å². The lowest BCUT2D eigenvalue weighted by Gasteiger charge is -2.34. The van der Waals surface area contributed by atoms with Gasteiger partial charge in [-0.2, -0.15) is 0 Å². The van der Waals surface area contributed by atoms with Crippen LogP contribution < -0.4 is 0 Å². The number of aryl methyl sites for hydroxylation is 1. The number of nitrogens with zero attached hydrogens (tertiary/aromatic N) is 5. The number of aromatic nitrogens is 4. The number of carbonyl (C=O) groups excluding carboxylic acids is 1. The van der Waals surface area contributed by atoms with Crippen LogP contribution in [0, 0.1) is 0 Å². The summed E-state index contributed by atoms with van der Waals surface area (Å²) in [5.41, 5.74) is 1.11. The number of carbonyl (C=O) groups is 1. The molecule has 1 aromatic heterocycles. The van der Waals surface area contributed by atoms with Crippen LogP contribution in [-0.4, -0.2) is 49.4 Å². The maximum absolute atomic E-state index is 13.0. The number of hydrogen-bond donors (Lipinski definition) is 0.